The molecule has 0 saturated heterocycles. The van der Waals surface area contributed by atoms with Crippen molar-refractivity contribution < 1.29 is 4.74 Å². The van der Waals surface area contributed by atoms with Crippen molar-refractivity contribution in [1.29, 1.82) is 0 Å². The Morgan fingerprint density at radius 2 is 1.76 bits per heavy atom. The molecule has 0 rings (SSSR count). The summed E-state index contributed by atoms with van der Waals surface area (Å²) in [4.78, 5) is 2.38. The second-order valence-electron chi connectivity index (χ2n) is 6.19. The molecule has 3 nitrogen and oxygen atoms in total. The van der Waals surface area contributed by atoms with Gasteiger partial charge >= 0.3 is 0 Å². The predicted octanol–water partition coefficient (Wildman–Crippen LogP) is 2.50. The summed E-state index contributed by atoms with van der Waals surface area (Å²) in [6, 6.07) is 0.824. The molecule has 0 aromatic carbocycles. The molecule has 2 unspecified atom stereocenters. The third kappa shape index (κ3) is 7.02. The van der Waals surface area contributed by atoms with Crippen LogP contribution in [0.2, 0.25) is 0 Å². The summed E-state index contributed by atoms with van der Waals surface area (Å²) in [5, 5.41) is 0. The average molecular weight is 244 g/mol. The van der Waals surface area contributed by atoms with E-state index in [0.29, 0.717) is 18.0 Å². The zero-order chi connectivity index (χ0) is 13.6. The fraction of sp³-hybridized carbons (Fsp3) is 1.00. The lowest BCUT2D eigenvalue weighted by Gasteiger charge is -2.32. The van der Waals surface area contributed by atoms with Gasteiger partial charge in [-0.3, -0.25) is 0 Å². The van der Waals surface area contributed by atoms with E-state index in [0.717, 1.165) is 19.4 Å². The van der Waals surface area contributed by atoms with Gasteiger partial charge in [-0.25, -0.2) is 0 Å². The van der Waals surface area contributed by atoms with Gasteiger partial charge in [-0.2, -0.15) is 0 Å². The fourth-order valence-corrected chi connectivity index (χ4v) is 1.86. The molecule has 104 valence electrons. The van der Waals surface area contributed by atoms with Gasteiger partial charge in [0.1, 0.15) is 0 Å². The Bertz CT molecular complexity index is 204. The summed E-state index contributed by atoms with van der Waals surface area (Å²) >= 11 is 0. The van der Waals surface area contributed by atoms with Crippen LogP contribution in [0.3, 0.4) is 0 Å². The predicted molar refractivity (Wildman–Crippen MR) is 75.2 cm³/mol. The largest absolute Gasteiger partial charge is 0.379 e. The highest BCUT2D eigenvalue weighted by Crippen LogP contribution is 2.18. The quantitative estimate of drug-likeness (QED) is 0.713. The molecule has 0 fully saturated rings. The maximum absolute atomic E-state index is 6.07. The van der Waals surface area contributed by atoms with E-state index >= 15 is 0 Å². The SMILES string of the molecule is COC(C)(C)CC(C)N(C)CCC(N)C(C)C. The number of nitrogens with zero attached hydrogens (tertiary/aromatic N) is 1. The van der Waals surface area contributed by atoms with E-state index in [1.807, 2.05) is 0 Å². The van der Waals surface area contributed by atoms with E-state index in [9.17, 15) is 0 Å². The Kier molecular flexibility index (Phi) is 7.29. The molecule has 0 aromatic rings. The monoisotopic (exact) mass is 244 g/mol. The molecule has 0 aromatic heterocycles. The topological polar surface area (TPSA) is 38.5 Å². The molecule has 0 bridgehead atoms. The first-order valence-electron chi connectivity index (χ1n) is 6.70. The van der Waals surface area contributed by atoms with Gasteiger partial charge in [-0.1, -0.05) is 13.8 Å². The van der Waals surface area contributed by atoms with Crippen LogP contribution in [0.5, 0.6) is 0 Å². The molecular weight excluding hydrogens is 212 g/mol. The lowest BCUT2D eigenvalue weighted by molar-refractivity contribution is -0.00342. The van der Waals surface area contributed by atoms with Crippen molar-refractivity contribution in [2.24, 2.45) is 11.7 Å². The lowest BCUT2D eigenvalue weighted by atomic mass is 9.98. The summed E-state index contributed by atoms with van der Waals surface area (Å²) in [5.74, 6) is 0.564. The summed E-state index contributed by atoms with van der Waals surface area (Å²) in [7, 11) is 3.95. The third-order valence-electron chi connectivity index (χ3n) is 3.76. The van der Waals surface area contributed by atoms with Crippen molar-refractivity contribution in [3.05, 3.63) is 0 Å². The Morgan fingerprint density at radius 3 is 2.18 bits per heavy atom. The van der Waals surface area contributed by atoms with Crippen LogP contribution in [0.1, 0.15) is 47.5 Å². The molecule has 0 aliphatic heterocycles. The van der Waals surface area contributed by atoms with Crippen LogP contribution >= 0.6 is 0 Å². The second-order valence-corrected chi connectivity index (χ2v) is 6.19. The van der Waals surface area contributed by atoms with Gasteiger partial charge in [0, 0.05) is 19.2 Å². The molecule has 2 N–H and O–H groups in total. The van der Waals surface area contributed by atoms with Gasteiger partial charge in [0.25, 0.3) is 0 Å². The van der Waals surface area contributed by atoms with Gasteiger partial charge in [0.2, 0.25) is 0 Å². The fourth-order valence-electron chi connectivity index (χ4n) is 1.86. The van der Waals surface area contributed by atoms with Gasteiger partial charge < -0.3 is 15.4 Å². The van der Waals surface area contributed by atoms with E-state index in [-0.39, 0.29) is 5.60 Å². The van der Waals surface area contributed by atoms with E-state index in [2.05, 4.69) is 46.6 Å². The van der Waals surface area contributed by atoms with Gasteiger partial charge in [0.05, 0.1) is 5.60 Å². The second kappa shape index (κ2) is 7.34. The van der Waals surface area contributed by atoms with Crippen LogP contribution in [0.4, 0.5) is 0 Å². The average Bonchev–Trinajstić information content (AvgIpc) is 2.24. The van der Waals surface area contributed by atoms with Crippen LogP contribution < -0.4 is 5.73 Å². The minimum atomic E-state index is -0.0478. The Hall–Kier alpha value is -0.120. The van der Waals surface area contributed by atoms with Crippen LogP contribution in [0.15, 0.2) is 0 Å². The molecule has 2 atom stereocenters. The van der Waals surface area contributed by atoms with Crippen molar-refractivity contribution in [3.8, 4) is 0 Å². The standard InChI is InChI=1S/C14H32N2O/c1-11(2)13(15)8-9-16(6)12(3)10-14(4,5)17-7/h11-13H,8-10,15H2,1-7H3. The van der Waals surface area contributed by atoms with Crippen LogP contribution in [-0.2, 0) is 4.74 Å². The number of hydrogen-bond donors (Lipinski definition) is 1. The summed E-state index contributed by atoms with van der Waals surface area (Å²) in [6.45, 7) is 11.9. The number of nitrogens with two attached hydrogens (primary N) is 1. The molecular formula is C14H32N2O. The van der Waals surface area contributed by atoms with Crippen LogP contribution in [0.25, 0.3) is 0 Å². The highest BCUT2D eigenvalue weighted by molar-refractivity contribution is 4.77. The molecule has 0 heterocycles. The first-order valence-corrected chi connectivity index (χ1v) is 6.70. The summed E-state index contributed by atoms with van der Waals surface area (Å²) < 4.78 is 5.47. The summed E-state index contributed by atoms with van der Waals surface area (Å²) in [6.07, 6.45) is 2.10. The van der Waals surface area contributed by atoms with Crippen LogP contribution in [-0.4, -0.2) is 43.3 Å². The molecule has 0 aliphatic rings. The zero-order valence-corrected chi connectivity index (χ0v) is 12.8. The number of hydrogen-bond acceptors (Lipinski definition) is 3. The first kappa shape index (κ1) is 16.9. The molecule has 0 aliphatic carbocycles. The maximum atomic E-state index is 6.07. The van der Waals surface area contributed by atoms with E-state index < -0.39 is 0 Å². The Morgan fingerprint density at radius 1 is 1.24 bits per heavy atom. The minimum absolute atomic E-state index is 0.0478. The van der Waals surface area contributed by atoms with Crippen molar-refractivity contribution in [3.63, 3.8) is 0 Å². The zero-order valence-electron chi connectivity index (χ0n) is 12.8. The highest BCUT2D eigenvalue weighted by Gasteiger charge is 2.22. The Labute approximate surface area is 108 Å². The van der Waals surface area contributed by atoms with Crippen LogP contribution in [0, 0.1) is 5.92 Å². The lowest BCUT2D eigenvalue weighted by Crippen LogP contribution is -2.39. The van der Waals surface area contributed by atoms with Crippen molar-refractivity contribution in [2.45, 2.75) is 65.1 Å². The molecule has 0 spiro atoms. The van der Waals surface area contributed by atoms with E-state index in [1.165, 1.54) is 0 Å². The number of methoxy groups -OCH3 is 1. The molecule has 3 heteroatoms. The Balaban J connectivity index is 4.02. The van der Waals surface area contributed by atoms with Gasteiger partial charge in [-0.05, 0) is 53.1 Å². The normalized spacial score (nSPS) is 16.6. The van der Waals surface area contributed by atoms with E-state index in [1.54, 1.807) is 7.11 Å². The maximum Gasteiger partial charge on any atom is 0.0637 e. The molecule has 0 radical (unpaired) electrons. The molecule has 0 saturated carbocycles. The molecule has 17 heavy (non-hydrogen) atoms. The van der Waals surface area contributed by atoms with Gasteiger partial charge in [0.15, 0.2) is 0 Å². The van der Waals surface area contributed by atoms with Crippen molar-refractivity contribution in [1.82, 2.24) is 4.90 Å². The summed E-state index contributed by atoms with van der Waals surface area (Å²) in [5.41, 5.74) is 6.02. The highest BCUT2D eigenvalue weighted by atomic mass is 16.5. The first-order chi connectivity index (χ1) is 7.69. The minimum Gasteiger partial charge on any atom is -0.379 e. The molecule has 0 amide bonds. The third-order valence-corrected chi connectivity index (χ3v) is 3.76. The van der Waals surface area contributed by atoms with Gasteiger partial charge in [-0.15, -0.1) is 0 Å². The number of rotatable bonds is 8. The van der Waals surface area contributed by atoms with Crippen molar-refractivity contribution >= 4 is 0 Å². The number of ether oxygens (including phenoxy) is 1. The smallest absolute Gasteiger partial charge is 0.0637 e. The van der Waals surface area contributed by atoms with Crippen molar-refractivity contribution in [2.75, 3.05) is 20.7 Å². The van der Waals surface area contributed by atoms with E-state index in [4.69, 9.17) is 10.5 Å².